The second-order valence-corrected chi connectivity index (χ2v) is 7.96. The van der Waals surface area contributed by atoms with E-state index >= 15 is 0 Å². The van der Waals surface area contributed by atoms with Crippen LogP contribution in [0.25, 0.3) is 0 Å². The number of pyridine rings is 1. The Kier molecular flexibility index (Phi) is 6.43. The number of hydrogen-bond acceptors (Lipinski definition) is 5. The zero-order valence-electron chi connectivity index (χ0n) is 16.1. The summed E-state index contributed by atoms with van der Waals surface area (Å²) in [5.41, 5.74) is 2.35. The molecular weight excluding hydrogens is 336 g/mol. The number of rotatable bonds is 6. The Labute approximate surface area is 162 Å². The SMILES string of the molecule is c1cncc(CO[C@H]2CCCN(Cc3cnc(C4CCCCC4)nc3)C2)c1. The van der Waals surface area contributed by atoms with Crippen LogP contribution < -0.4 is 0 Å². The lowest BCUT2D eigenvalue weighted by Gasteiger charge is -2.32. The summed E-state index contributed by atoms with van der Waals surface area (Å²) in [6.07, 6.45) is 16.9. The van der Waals surface area contributed by atoms with Gasteiger partial charge in [-0.3, -0.25) is 9.88 Å². The third kappa shape index (κ3) is 5.33. The number of ether oxygens (including phenoxy) is 1. The van der Waals surface area contributed by atoms with Gasteiger partial charge in [0.25, 0.3) is 0 Å². The molecule has 0 amide bonds. The average molecular weight is 367 g/mol. The van der Waals surface area contributed by atoms with Gasteiger partial charge in [-0.15, -0.1) is 0 Å². The minimum Gasteiger partial charge on any atom is -0.372 e. The monoisotopic (exact) mass is 366 g/mol. The molecule has 1 atom stereocenters. The van der Waals surface area contributed by atoms with Gasteiger partial charge in [0.2, 0.25) is 0 Å². The fraction of sp³-hybridized carbons (Fsp3) is 0.591. The first kappa shape index (κ1) is 18.5. The highest BCUT2D eigenvalue weighted by Gasteiger charge is 2.21. The Hall–Kier alpha value is -1.85. The van der Waals surface area contributed by atoms with E-state index in [1.54, 1.807) is 6.20 Å². The van der Waals surface area contributed by atoms with Crippen LogP contribution in [0.2, 0.25) is 0 Å². The van der Waals surface area contributed by atoms with Crippen molar-refractivity contribution < 1.29 is 4.74 Å². The van der Waals surface area contributed by atoms with Crippen LogP contribution in [0.4, 0.5) is 0 Å². The van der Waals surface area contributed by atoms with Crippen molar-refractivity contribution >= 4 is 0 Å². The summed E-state index contributed by atoms with van der Waals surface area (Å²) in [5, 5.41) is 0. The molecule has 2 aromatic heterocycles. The van der Waals surface area contributed by atoms with Crippen molar-refractivity contribution in [2.24, 2.45) is 0 Å². The van der Waals surface area contributed by atoms with Gasteiger partial charge in [0.15, 0.2) is 0 Å². The van der Waals surface area contributed by atoms with Crippen molar-refractivity contribution in [3.8, 4) is 0 Å². The molecule has 2 fully saturated rings. The molecule has 1 aliphatic carbocycles. The maximum absolute atomic E-state index is 6.12. The molecule has 0 spiro atoms. The van der Waals surface area contributed by atoms with Crippen LogP contribution in [0.5, 0.6) is 0 Å². The summed E-state index contributed by atoms with van der Waals surface area (Å²) in [7, 11) is 0. The number of aromatic nitrogens is 3. The van der Waals surface area contributed by atoms with E-state index in [4.69, 9.17) is 4.74 Å². The van der Waals surface area contributed by atoms with Gasteiger partial charge in [-0.2, -0.15) is 0 Å². The van der Waals surface area contributed by atoms with Crippen LogP contribution >= 0.6 is 0 Å². The van der Waals surface area contributed by atoms with E-state index in [0.717, 1.165) is 37.4 Å². The van der Waals surface area contributed by atoms with Crippen molar-refractivity contribution in [3.05, 3.63) is 53.9 Å². The molecule has 0 bridgehead atoms. The fourth-order valence-electron chi connectivity index (χ4n) is 4.27. The lowest BCUT2D eigenvalue weighted by molar-refractivity contribution is -0.0122. The van der Waals surface area contributed by atoms with Crippen molar-refractivity contribution in [1.29, 1.82) is 0 Å². The number of likely N-dealkylation sites (tertiary alicyclic amines) is 1. The van der Waals surface area contributed by atoms with Crippen LogP contribution in [0.3, 0.4) is 0 Å². The summed E-state index contributed by atoms with van der Waals surface area (Å²) in [4.78, 5) is 16.0. The number of nitrogens with zero attached hydrogens (tertiary/aromatic N) is 4. The maximum atomic E-state index is 6.12. The molecule has 1 aliphatic heterocycles. The van der Waals surface area contributed by atoms with Crippen molar-refractivity contribution in [2.75, 3.05) is 13.1 Å². The molecule has 0 radical (unpaired) electrons. The van der Waals surface area contributed by atoms with E-state index in [9.17, 15) is 0 Å². The summed E-state index contributed by atoms with van der Waals surface area (Å²) in [6, 6.07) is 4.03. The zero-order chi connectivity index (χ0) is 18.3. The van der Waals surface area contributed by atoms with Crippen LogP contribution in [0.15, 0.2) is 36.9 Å². The Balaban J connectivity index is 1.27. The predicted molar refractivity (Wildman–Crippen MR) is 105 cm³/mol. The first-order valence-corrected chi connectivity index (χ1v) is 10.4. The molecule has 1 saturated carbocycles. The number of piperidine rings is 1. The third-order valence-electron chi connectivity index (χ3n) is 5.77. The smallest absolute Gasteiger partial charge is 0.131 e. The highest BCUT2D eigenvalue weighted by molar-refractivity contribution is 5.09. The lowest BCUT2D eigenvalue weighted by Crippen LogP contribution is -2.39. The van der Waals surface area contributed by atoms with Gasteiger partial charge in [0, 0.05) is 49.4 Å². The van der Waals surface area contributed by atoms with Gasteiger partial charge in [-0.1, -0.05) is 25.3 Å². The van der Waals surface area contributed by atoms with Crippen LogP contribution in [-0.4, -0.2) is 39.0 Å². The molecule has 1 saturated heterocycles. The molecule has 5 heteroatoms. The number of hydrogen-bond donors (Lipinski definition) is 0. The molecular formula is C22H30N4O. The Bertz CT molecular complexity index is 685. The molecule has 2 aliphatic rings. The van der Waals surface area contributed by atoms with Crippen LogP contribution in [0, 0.1) is 0 Å². The predicted octanol–water partition coefficient (Wildman–Crippen LogP) is 4.10. The molecule has 144 valence electrons. The van der Waals surface area contributed by atoms with E-state index in [0.29, 0.717) is 18.6 Å². The minimum absolute atomic E-state index is 0.293. The van der Waals surface area contributed by atoms with E-state index in [-0.39, 0.29) is 0 Å². The molecule has 5 nitrogen and oxygen atoms in total. The first-order valence-electron chi connectivity index (χ1n) is 10.4. The van der Waals surface area contributed by atoms with Gasteiger partial charge in [-0.25, -0.2) is 9.97 Å². The standard InChI is InChI=1S/C22H30N4O/c1-2-7-20(8-3-1)22-24-13-19(14-25-22)15-26-11-5-9-21(16-26)27-17-18-6-4-10-23-12-18/h4,6,10,12-14,20-21H,1-3,5,7-9,11,15-17H2/t21-/m0/s1. The summed E-state index contributed by atoms with van der Waals surface area (Å²) < 4.78 is 6.12. The van der Waals surface area contributed by atoms with Crippen LogP contribution in [0.1, 0.15) is 67.8 Å². The van der Waals surface area contributed by atoms with Gasteiger partial charge >= 0.3 is 0 Å². The van der Waals surface area contributed by atoms with Gasteiger partial charge in [-0.05, 0) is 43.9 Å². The Morgan fingerprint density at radius 2 is 1.81 bits per heavy atom. The van der Waals surface area contributed by atoms with E-state index in [1.807, 2.05) is 24.7 Å². The molecule has 0 N–H and O–H groups in total. The molecule has 0 unspecified atom stereocenters. The highest BCUT2D eigenvalue weighted by Crippen LogP contribution is 2.30. The normalized spacial score (nSPS) is 22.0. The van der Waals surface area contributed by atoms with Crippen molar-refractivity contribution in [1.82, 2.24) is 19.9 Å². The van der Waals surface area contributed by atoms with Gasteiger partial charge in [0.1, 0.15) is 5.82 Å². The third-order valence-corrected chi connectivity index (χ3v) is 5.77. The molecule has 27 heavy (non-hydrogen) atoms. The largest absolute Gasteiger partial charge is 0.372 e. The quantitative estimate of drug-likeness (QED) is 0.770. The van der Waals surface area contributed by atoms with E-state index in [2.05, 4.69) is 25.9 Å². The highest BCUT2D eigenvalue weighted by atomic mass is 16.5. The average Bonchev–Trinajstić information content (AvgIpc) is 2.75. The topological polar surface area (TPSA) is 51.1 Å². The second-order valence-electron chi connectivity index (χ2n) is 7.96. The molecule has 3 heterocycles. The Morgan fingerprint density at radius 3 is 2.59 bits per heavy atom. The van der Waals surface area contributed by atoms with E-state index < -0.39 is 0 Å². The van der Waals surface area contributed by atoms with E-state index in [1.165, 1.54) is 44.1 Å². The second kappa shape index (κ2) is 9.38. The molecule has 0 aromatic carbocycles. The summed E-state index contributed by atoms with van der Waals surface area (Å²) in [5.74, 6) is 1.63. The minimum atomic E-state index is 0.293. The fourth-order valence-corrected chi connectivity index (χ4v) is 4.27. The molecule has 4 rings (SSSR count). The first-order chi connectivity index (χ1) is 13.4. The van der Waals surface area contributed by atoms with Gasteiger partial charge < -0.3 is 4.74 Å². The van der Waals surface area contributed by atoms with Crippen molar-refractivity contribution in [3.63, 3.8) is 0 Å². The zero-order valence-corrected chi connectivity index (χ0v) is 16.1. The Morgan fingerprint density at radius 1 is 0.963 bits per heavy atom. The summed E-state index contributed by atoms with van der Waals surface area (Å²) >= 11 is 0. The molecule has 2 aromatic rings. The summed E-state index contributed by atoms with van der Waals surface area (Å²) in [6.45, 7) is 3.66. The maximum Gasteiger partial charge on any atom is 0.131 e. The van der Waals surface area contributed by atoms with Crippen LogP contribution in [-0.2, 0) is 17.9 Å². The van der Waals surface area contributed by atoms with Gasteiger partial charge in [0.05, 0.1) is 12.7 Å². The van der Waals surface area contributed by atoms with Crippen molar-refractivity contribution in [2.45, 2.75) is 70.1 Å². The lowest BCUT2D eigenvalue weighted by atomic mass is 9.89.